The lowest BCUT2D eigenvalue weighted by Gasteiger charge is -2.42. The monoisotopic (exact) mass is 392 g/mol. The second-order valence-corrected chi connectivity index (χ2v) is 9.49. The third-order valence-corrected chi connectivity index (χ3v) is 6.13. The van der Waals surface area contributed by atoms with Crippen molar-refractivity contribution in [1.82, 2.24) is 14.1 Å². The molecule has 0 saturated carbocycles. The summed E-state index contributed by atoms with van der Waals surface area (Å²) in [5, 5.41) is 0. The highest BCUT2D eigenvalue weighted by atomic mass is 32.2. The molecule has 2 aliphatic heterocycles. The van der Waals surface area contributed by atoms with E-state index in [1.807, 2.05) is 49.8 Å². The van der Waals surface area contributed by atoms with Gasteiger partial charge in [-0.2, -0.15) is 0 Å². The maximum absolute atomic E-state index is 12.2. The van der Waals surface area contributed by atoms with E-state index in [2.05, 4.69) is 21.3 Å². The van der Waals surface area contributed by atoms with Crippen molar-refractivity contribution in [3.8, 4) is 0 Å². The Morgan fingerprint density at radius 3 is 2.19 bits per heavy atom. The molecule has 2 N–H and O–H groups in total. The zero-order chi connectivity index (χ0) is 19.4. The van der Waals surface area contributed by atoms with E-state index in [9.17, 15) is 4.79 Å². The molecular weight excluding hydrogens is 360 g/mol. The summed E-state index contributed by atoms with van der Waals surface area (Å²) in [5.74, 6) is 0. The number of nitrogen functional groups attached to an aromatic ring is 1. The molecule has 0 unspecified atom stereocenters. The molecule has 150 valence electrons. The number of nitrogens with two attached hydrogens (primary N) is 1. The zero-order valence-corrected chi connectivity index (χ0v) is 17.5. The van der Waals surface area contributed by atoms with Crippen molar-refractivity contribution >= 4 is 23.7 Å². The molecule has 0 bridgehead atoms. The molecule has 1 aromatic rings. The van der Waals surface area contributed by atoms with E-state index < -0.39 is 5.60 Å². The number of rotatable bonds is 3. The first kappa shape index (κ1) is 20.3. The Morgan fingerprint density at radius 1 is 1.04 bits per heavy atom. The van der Waals surface area contributed by atoms with Gasteiger partial charge in [-0.3, -0.25) is 4.90 Å². The quantitative estimate of drug-likeness (QED) is 0.629. The number of piperazine rings is 1. The average Bonchev–Trinajstić information content (AvgIpc) is 2.63. The molecule has 2 fully saturated rings. The van der Waals surface area contributed by atoms with Crippen LogP contribution in [-0.2, 0) is 4.74 Å². The third kappa shape index (κ3) is 6.02. The van der Waals surface area contributed by atoms with E-state index in [1.165, 1.54) is 17.7 Å². The smallest absolute Gasteiger partial charge is 0.410 e. The van der Waals surface area contributed by atoms with Crippen molar-refractivity contribution in [3.63, 3.8) is 0 Å². The van der Waals surface area contributed by atoms with Crippen LogP contribution in [-0.4, -0.2) is 71.1 Å². The molecule has 0 aromatic heterocycles. The Bertz CT molecular complexity index is 616. The molecule has 0 radical (unpaired) electrons. The molecule has 1 aromatic carbocycles. The number of anilines is 1. The molecule has 2 saturated heterocycles. The normalized spacial score (nSPS) is 20.6. The van der Waals surface area contributed by atoms with Crippen LogP contribution in [0.25, 0.3) is 0 Å². The van der Waals surface area contributed by atoms with Crippen molar-refractivity contribution in [3.05, 3.63) is 24.3 Å². The van der Waals surface area contributed by atoms with Crippen LogP contribution in [0.2, 0.25) is 0 Å². The molecule has 27 heavy (non-hydrogen) atoms. The van der Waals surface area contributed by atoms with Gasteiger partial charge < -0.3 is 15.4 Å². The van der Waals surface area contributed by atoms with Crippen LogP contribution < -0.4 is 5.73 Å². The van der Waals surface area contributed by atoms with E-state index in [4.69, 9.17) is 10.5 Å². The summed E-state index contributed by atoms with van der Waals surface area (Å²) in [7, 11) is 0. The largest absolute Gasteiger partial charge is 0.444 e. The van der Waals surface area contributed by atoms with Gasteiger partial charge in [-0.15, -0.1) is 0 Å². The molecule has 0 aliphatic carbocycles. The van der Waals surface area contributed by atoms with E-state index in [0.717, 1.165) is 45.0 Å². The van der Waals surface area contributed by atoms with Crippen LogP contribution in [0, 0.1) is 0 Å². The summed E-state index contributed by atoms with van der Waals surface area (Å²) in [5.41, 5.74) is 6.14. The number of hydrogen-bond acceptors (Lipinski definition) is 6. The summed E-state index contributed by atoms with van der Waals surface area (Å²) in [6.45, 7) is 11.3. The maximum Gasteiger partial charge on any atom is 0.410 e. The second-order valence-electron chi connectivity index (χ2n) is 8.32. The number of hydrogen-bond donors (Lipinski definition) is 1. The first-order valence-corrected chi connectivity index (χ1v) is 10.6. The van der Waals surface area contributed by atoms with Crippen LogP contribution in [0.5, 0.6) is 0 Å². The summed E-state index contributed by atoms with van der Waals surface area (Å²) in [4.78, 5) is 17.8. The molecule has 6 nitrogen and oxygen atoms in total. The summed E-state index contributed by atoms with van der Waals surface area (Å²) in [6.07, 6.45) is 2.17. The SMILES string of the molecule is CC(C)(C)OC(=O)N1CCN(C2CCN(Sc3ccc(N)cc3)CC2)CC1. The highest BCUT2D eigenvalue weighted by Gasteiger charge is 2.30. The minimum Gasteiger partial charge on any atom is -0.444 e. The standard InChI is InChI=1S/C20H32N4O2S/c1-20(2,3)26-19(25)23-14-12-22(13-15-23)17-8-10-24(11-9-17)27-18-6-4-16(21)5-7-18/h4-7,17H,8-15,21H2,1-3H3. The Labute approximate surface area is 167 Å². The van der Waals surface area contributed by atoms with Crippen LogP contribution in [0.4, 0.5) is 10.5 Å². The topological polar surface area (TPSA) is 62.0 Å². The molecule has 2 heterocycles. The number of benzene rings is 1. The van der Waals surface area contributed by atoms with Gasteiger partial charge in [0.15, 0.2) is 0 Å². The molecule has 1 amide bonds. The van der Waals surface area contributed by atoms with E-state index in [-0.39, 0.29) is 6.09 Å². The number of ether oxygens (including phenoxy) is 1. The minimum atomic E-state index is -0.427. The van der Waals surface area contributed by atoms with Gasteiger partial charge in [-0.25, -0.2) is 9.10 Å². The summed E-state index contributed by atoms with van der Waals surface area (Å²) in [6, 6.07) is 8.71. The predicted octanol–water partition coefficient (Wildman–Crippen LogP) is 3.29. The van der Waals surface area contributed by atoms with E-state index >= 15 is 0 Å². The van der Waals surface area contributed by atoms with E-state index in [0.29, 0.717) is 6.04 Å². The zero-order valence-electron chi connectivity index (χ0n) is 16.7. The molecule has 3 rings (SSSR count). The maximum atomic E-state index is 12.2. The van der Waals surface area contributed by atoms with Crippen LogP contribution in [0.3, 0.4) is 0 Å². The second kappa shape index (κ2) is 8.71. The van der Waals surface area contributed by atoms with Gasteiger partial charge in [0.2, 0.25) is 0 Å². The molecule has 0 atom stereocenters. The number of carbonyl (C=O) groups is 1. The fourth-order valence-corrected chi connectivity index (χ4v) is 4.52. The lowest BCUT2D eigenvalue weighted by molar-refractivity contribution is 0.00764. The van der Waals surface area contributed by atoms with Crippen LogP contribution in [0.15, 0.2) is 29.2 Å². The Kier molecular flexibility index (Phi) is 6.55. The summed E-state index contributed by atoms with van der Waals surface area (Å²) < 4.78 is 7.93. The molecular formula is C20H32N4O2S. The number of nitrogens with zero attached hydrogens (tertiary/aromatic N) is 3. The van der Waals surface area contributed by atoms with Crippen molar-refractivity contribution < 1.29 is 9.53 Å². The van der Waals surface area contributed by atoms with Crippen molar-refractivity contribution in [2.45, 2.75) is 50.2 Å². The minimum absolute atomic E-state index is 0.183. The van der Waals surface area contributed by atoms with Gasteiger partial charge in [-0.1, -0.05) is 0 Å². The fraction of sp³-hybridized carbons (Fsp3) is 0.650. The van der Waals surface area contributed by atoms with Crippen molar-refractivity contribution in [2.24, 2.45) is 0 Å². The Balaban J connectivity index is 1.40. The van der Waals surface area contributed by atoms with Gasteiger partial charge in [-0.05, 0) is 69.8 Å². The van der Waals surface area contributed by atoms with E-state index in [1.54, 1.807) is 0 Å². The average molecular weight is 393 g/mol. The molecule has 0 spiro atoms. The fourth-order valence-electron chi connectivity index (χ4n) is 3.57. The Hall–Kier alpha value is -1.44. The number of carbonyl (C=O) groups excluding carboxylic acids is 1. The number of piperidine rings is 1. The van der Waals surface area contributed by atoms with Crippen LogP contribution >= 0.6 is 11.9 Å². The molecule has 2 aliphatic rings. The first-order valence-electron chi connectivity index (χ1n) is 9.80. The lowest BCUT2D eigenvalue weighted by atomic mass is 10.0. The summed E-state index contributed by atoms with van der Waals surface area (Å²) >= 11 is 1.82. The van der Waals surface area contributed by atoms with Gasteiger partial charge >= 0.3 is 6.09 Å². The Morgan fingerprint density at radius 2 is 1.63 bits per heavy atom. The van der Waals surface area contributed by atoms with Gasteiger partial charge in [0.1, 0.15) is 5.60 Å². The molecule has 7 heteroatoms. The van der Waals surface area contributed by atoms with Gasteiger partial charge in [0, 0.05) is 55.9 Å². The van der Waals surface area contributed by atoms with Gasteiger partial charge in [0.25, 0.3) is 0 Å². The van der Waals surface area contributed by atoms with Crippen molar-refractivity contribution in [2.75, 3.05) is 45.0 Å². The van der Waals surface area contributed by atoms with Gasteiger partial charge in [0.05, 0.1) is 0 Å². The lowest BCUT2D eigenvalue weighted by Crippen LogP contribution is -2.54. The first-order chi connectivity index (χ1) is 12.8. The highest BCUT2D eigenvalue weighted by Crippen LogP contribution is 2.28. The van der Waals surface area contributed by atoms with Crippen molar-refractivity contribution in [1.29, 1.82) is 0 Å². The van der Waals surface area contributed by atoms with Crippen LogP contribution in [0.1, 0.15) is 33.6 Å². The third-order valence-electron chi connectivity index (χ3n) is 5.02. The highest BCUT2D eigenvalue weighted by molar-refractivity contribution is 7.97. The number of amides is 1. The predicted molar refractivity (Wildman–Crippen MR) is 111 cm³/mol.